The lowest BCUT2D eigenvalue weighted by Gasteiger charge is -2.32. The first-order valence-corrected chi connectivity index (χ1v) is 4.37. The van der Waals surface area contributed by atoms with Crippen LogP contribution in [0.3, 0.4) is 0 Å². The van der Waals surface area contributed by atoms with Crippen LogP contribution in [0.5, 0.6) is 0 Å². The number of carbonyl (C=O) groups is 1. The van der Waals surface area contributed by atoms with Gasteiger partial charge in [0, 0.05) is 6.04 Å². The Hall–Kier alpha value is -0.900. The molecule has 0 aromatic carbocycles. The van der Waals surface area contributed by atoms with E-state index in [0.717, 1.165) is 10.7 Å². The molecule has 1 aliphatic heterocycles. The fourth-order valence-corrected chi connectivity index (χ4v) is 1.90. The average molecular weight is 168 g/mol. The lowest BCUT2D eigenvalue weighted by molar-refractivity contribution is 0.0961. The Morgan fingerprint density at radius 3 is 3.00 bits per heavy atom. The lowest BCUT2D eigenvalue weighted by atomic mass is 10.2. The van der Waals surface area contributed by atoms with Gasteiger partial charge in [0.1, 0.15) is 4.88 Å². The summed E-state index contributed by atoms with van der Waals surface area (Å²) < 4.78 is 0. The summed E-state index contributed by atoms with van der Waals surface area (Å²) in [7, 11) is 0. The zero-order valence-corrected chi connectivity index (χ0v) is 7.18. The van der Waals surface area contributed by atoms with Crippen molar-refractivity contribution in [2.45, 2.75) is 19.9 Å². The number of carbonyl (C=O) groups excluding carboxylic acids is 1. The van der Waals surface area contributed by atoms with Crippen LogP contribution in [0, 0.1) is 0 Å². The Bertz CT molecular complexity index is 305. The van der Waals surface area contributed by atoms with Crippen molar-refractivity contribution in [3.63, 3.8) is 0 Å². The van der Waals surface area contributed by atoms with Crippen LogP contribution in [0.15, 0.2) is 5.51 Å². The van der Waals surface area contributed by atoms with Gasteiger partial charge >= 0.3 is 0 Å². The van der Waals surface area contributed by atoms with Crippen molar-refractivity contribution in [3.8, 4) is 0 Å². The minimum atomic E-state index is 0.123. The Morgan fingerprint density at radius 2 is 2.36 bits per heavy atom. The highest BCUT2D eigenvalue weighted by atomic mass is 32.1. The Balaban J connectivity index is 2.40. The molecule has 0 aliphatic carbocycles. The third-order valence-corrected chi connectivity index (χ3v) is 2.51. The maximum atomic E-state index is 11.3. The molecule has 2 rings (SSSR count). The second-order valence-corrected chi connectivity index (χ2v) is 3.63. The first-order chi connectivity index (χ1) is 5.22. The van der Waals surface area contributed by atoms with Gasteiger partial charge in [0.05, 0.1) is 5.51 Å². The van der Waals surface area contributed by atoms with Gasteiger partial charge in [0.2, 0.25) is 0 Å². The van der Waals surface area contributed by atoms with Crippen molar-refractivity contribution >= 4 is 23.1 Å². The number of amides is 1. The summed E-state index contributed by atoms with van der Waals surface area (Å²) >= 11 is 1.42. The molecule has 0 bridgehead atoms. The van der Waals surface area contributed by atoms with Gasteiger partial charge in [-0.2, -0.15) is 0 Å². The van der Waals surface area contributed by atoms with Gasteiger partial charge in [-0.1, -0.05) is 0 Å². The van der Waals surface area contributed by atoms with E-state index in [4.69, 9.17) is 0 Å². The summed E-state index contributed by atoms with van der Waals surface area (Å²) in [6.45, 7) is 3.97. The Kier molecular flexibility index (Phi) is 1.26. The average Bonchev–Trinajstić information content (AvgIpc) is 2.30. The predicted molar refractivity (Wildman–Crippen MR) is 44.1 cm³/mol. The van der Waals surface area contributed by atoms with E-state index in [2.05, 4.69) is 4.98 Å². The van der Waals surface area contributed by atoms with E-state index in [9.17, 15) is 4.79 Å². The number of fused-ring (bicyclic) bond motifs is 1. The molecular formula is C7H8N2OS. The van der Waals surface area contributed by atoms with Gasteiger partial charge in [0.15, 0.2) is 5.82 Å². The number of aromatic nitrogens is 1. The van der Waals surface area contributed by atoms with Crippen molar-refractivity contribution in [2.75, 3.05) is 4.90 Å². The van der Waals surface area contributed by atoms with Gasteiger partial charge in [-0.3, -0.25) is 9.69 Å². The molecule has 0 atom stereocenters. The standard InChI is InChI=1S/C7H8N2OS/c1-4(2)9-6-5(7(9)10)11-3-8-6/h3-4H,1-2H3. The summed E-state index contributed by atoms with van der Waals surface area (Å²) in [4.78, 5) is 17.9. The number of hydrogen-bond donors (Lipinski definition) is 0. The van der Waals surface area contributed by atoms with Gasteiger partial charge in [0.25, 0.3) is 5.91 Å². The van der Waals surface area contributed by atoms with Crippen LogP contribution in [-0.4, -0.2) is 16.9 Å². The Morgan fingerprint density at radius 1 is 1.64 bits per heavy atom. The highest BCUT2D eigenvalue weighted by Crippen LogP contribution is 2.35. The van der Waals surface area contributed by atoms with E-state index >= 15 is 0 Å². The highest BCUT2D eigenvalue weighted by molar-refractivity contribution is 7.13. The quantitative estimate of drug-likeness (QED) is 0.636. The van der Waals surface area contributed by atoms with Crippen LogP contribution in [0.2, 0.25) is 0 Å². The molecule has 1 aliphatic rings. The molecule has 0 saturated carbocycles. The van der Waals surface area contributed by atoms with Gasteiger partial charge in [-0.15, -0.1) is 11.3 Å². The third-order valence-electron chi connectivity index (χ3n) is 1.71. The first kappa shape index (κ1) is 6.79. The molecule has 1 aromatic rings. The summed E-state index contributed by atoms with van der Waals surface area (Å²) in [6, 6.07) is 0.233. The molecule has 0 unspecified atom stereocenters. The van der Waals surface area contributed by atoms with E-state index in [0.29, 0.717) is 0 Å². The van der Waals surface area contributed by atoms with Gasteiger partial charge < -0.3 is 0 Å². The number of rotatable bonds is 1. The van der Waals surface area contributed by atoms with E-state index in [-0.39, 0.29) is 11.9 Å². The summed E-state index contributed by atoms with van der Waals surface area (Å²) in [5, 5.41) is 0. The zero-order valence-electron chi connectivity index (χ0n) is 6.37. The largest absolute Gasteiger partial charge is 0.288 e. The van der Waals surface area contributed by atoms with Gasteiger partial charge in [-0.25, -0.2) is 4.98 Å². The van der Waals surface area contributed by atoms with Crippen LogP contribution < -0.4 is 4.90 Å². The lowest BCUT2D eigenvalue weighted by Crippen LogP contribution is -2.44. The van der Waals surface area contributed by atoms with Crippen molar-refractivity contribution in [2.24, 2.45) is 0 Å². The molecule has 4 heteroatoms. The number of anilines is 1. The first-order valence-electron chi connectivity index (χ1n) is 3.49. The fourth-order valence-electron chi connectivity index (χ4n) is 1.19. The molecule has 1 aromatic heterocycles. The minimum Gasteiger partial charge on any atom is -0.288 e. The molecule has 11 heavy (non-hydrogen) atoms. The molecule has 2 heterocycles. The van der Waals surface area contributed by atoms with Crippen LogP contribution in [0.1, 0.15) is 23.5 Å². The minimum absolute atomic E-state index is 0.123. The van der Waals surface area contributed by atoms with E-state index in [1.54, 1.807) is 10.4 Å². The predicted octanol–water partition coefficient (Wildman–Crippen LogP) is 1.51. The van der Waals surface area contributed by atoms with E-state index < -0.39 is 0 Å². The number of nitrogens with zero attached hydrogens (tertiary/aromatic N) is 2. The summed E-state index contributed by atoms with van der Waals surface area (Å²) in [6.07, 6.45) is 0. The molecule has 0 N–H and O–H groups in total. The van der Waals surface area contributed by atoms with Crippen LogP contribution in [-0.2, 0) is 0 Å². The topological polar surface area (TPSA) is 33.2 Å². The number of hydrogen-bond acceptors (Lipinski definition) is 3. The van der Waals surface area contributed by atoms with Crippen LogP contribution >= 0.6 is 11.3 Å². The van der Waals surface area contributed by atoms with Crippen LogP contribution in [0.25, 0.3) is 0 Å². The molecule has 0 radical (unpaired) electrons. The van der Waals surface area contributed by atoms with Crippen molar-refractivity contribution in [1.82, 2.24) is 4.98 Å². The third kappa shape index (κ3) is 0.728. The molecule has 3 nitrogen and oxygen atoms in total. The smallest absolute Gasteiger partial charge is 0.273 e. The zero-order chi connectivity index (χ0) is 8.01. The molecule has 1 amide bonds. The second kappa shape index (κ2) is 2.04. The van der Waals surface area contributed by atoms with Crippen molar-refractivity contribution < 1.29 is 4.79 Å². The maximum Gasteiger partial charge on any atom is 0.273 e. The van der Waals surface area contributed by atoms with Crippen molar-refractivity contribution in [3.05, 3.63) is 10.4 Å². The SMILES string of the molecule is CC(C)N1C(=O)c2scnc21. The van der Waals surface area contributed by atoms with E-state index in [1.165, 1.54) is 11.3 Å². The van der Waals surface area contributed by atoms with Crippen LogP contribution in [0.4, 0.5) is 5.82 Å². The molecule has 0 fully saturated rings. The normalized spacial score (nSPS) is 15.2. The Labute approximate surface area is 68.7 Å². The second-order valence-electron chi connectivity index (χ2n) is 2.77. The molecule has 0 spiro atoms. The molecule has 58 valence electrons. The monoisotopic (exact) mass is 168 g/mol. The van der Waals surface area contributed by atoms with Gasteiger partial charge in [-0.05, 0) is 13.8 Å². The maximum absolute atomic E-state index is 11.3. The highest BCUT2D eigenvalue weighted by Gasteiger charge is 2.37. The molecular weight excluding hydrogens is 160 g/mol. The molecule has 0 saturated heterocycles. The van der Waals surface area contributed by atoms with E-state index in [1.807, 2.05) is 13.8 Å². The number of thiazole rings is 1. The summed E-state index contributed by atoms with van der Waals surface area (Å²) in [5.74, 6) is 0.979. The fraction of sp³-hybridized carbons (Fsp3) is 0.429. The van der Waals surface area contributed by atoms with Crippen molar-refractivity contribution in [1.29, 1.82) is 0 Å². The summed E-state index contributed by atoms with van der Waals surface area (Å²) in [5.41, 5.74) is 1.71.